The highest BCUT2D eigenvalue weighted by Gasteiger charge is 2.28. The molecule has 35 heavy (non-hydrogen) atoms. The number of nitrogens with zero attached hydrogens (tertiary/aromatic N) is 2. The van der Waals surface area contributed by atoms with Gasteiger partial charge in [0.05, 0.1) is 24.9 Å². The van der Waals surface area contributed by atoms with E-state index in [2.05, 4.69) is 16.7 Å². The van der Waals surface area contributed by atoms with Crippen LogP contribution in [-0.2, 0) is 13.0 Å². The summed E-state index contributed by atoms with van der Waals surface area (Å²) in [5, 5.41) is 18.0. The predicted octanol–water partition coefficient (Wildman–Crippen LogP) is 5.62. The molecular formula is C27H22N4O3S. The van der Waals surface area contributed by atoms with Crippen LogP contribution in [0.25, 0.3) is 10.8 Å². The first-order valence-corrected chi connectivity index (χ1v) is 11.9. The summed E-state index contributed by atoms with van der Waals surface area (Å²) in [6.45, 7) is 0.829. The van der Waals surface area contributed by atoms with E-state index >= 15 is 0 Å². The van der Waals surface area contributed by atoms with Crippen molar-refractivity contribution >= 4 is 44.7 Å². The van der Waals surface area contributed by atoms with E-state index in [0.29, 0.717) is 47.1 Å². The maximum Gasteiger partial charge on any atom is 0.322 e. The molecule has 0 atom stereocenters. The van der Waals surface area contributed by atoms with Crippen LogP contribution in [0.2, 0.25) is 0 Å². The molecule has 174 valence electrons. The van der Waals surface area contributed by atoms with Gasteiger partial charge in [-0.15, -0.1) is 11.3 Å². The normalized spacial score (nSPS) is 12.5. The van der Waals surface area contributed by atoms with E-state index in [1.54, 1.807) is 30.2 Å². The minimum Gasteiger partial charge on any atom is -0.495 e. The van der Waals surface area contributed by atoms with Crippen LogP contribution in [0.3, 0.4) is 0 Å². The lowest BCUT2D eigenvalue weighted by Crippen LogP contribution is -2.38. The van der Waals surface area contributed by atoms with Crippen LogP contribution in [0.1, 0.15) is 26.4 Å². The van der Waals surface area contributed by atoms with Crippen molar-refractivity contribution in [3.8, 4) is 11.8 Å². The molecule has 0 saturated heterocycles. The van der Waals surface area contributed by atoms with Crippen molar-refractivity contribution in [3.63, 3.8) is 0 Å². The Balaban J connectivity index is 1.36. The van der Waals surface area contributed by atoms with Gasteiger partial charge < -0.3 is 20.3 Å². The van der Waals surface area contributed by atoms with Gasteiger partial charge in [0.15, 0.2) is 0 Å². The zero-order valence-electron chi connectivity index (χ0n) is 19.0. The van der Waals surface area contributed by atoms with E-state index in [1.165, 1.54) is 11.3 Å². The van der Waals surface area contributed by atoms with Crippen molar-refractivity contribution in [2.45, 2.75) is 13.0 Å². The van der Waals surface area contributed by atoms with Gasteiger partial charge in [0.1, 0.15) is 16.8 Å². The van der Waals surface area contributed by atoms with E-state index in [4.69, 9.17) is 4.74 Å². The molecule has 1 aliphatic rings. The van der Waals surface area contributed by atoms with E-state index in [-0.39, 0.29) is 11.9 Å². The number of thiophene rings is 1. The average Bonchev–Trinajstić information content (AvgIpc) is 3.24. The van der Waals surface area contributed by atoms with Crippen molar-refractivity contribution in [3.05, 3.63) is 88.3 Å². The Morgan fingerprint density at radius 1 is 1.03 bits per heavy atom. The third-order valence-electron chi connectivity index (χ3n) is 6.07. The highest BCUT2D eigenvalue weighted by Crippen LogP contribution is 2.37. The van der Waals surface area contributed by atoms with E-state index < -0.39 is 0 Å². The van der Waals surface area contributed by atoms with Crippen LogP contribution in [-0.4, -0.2) is 30.5 Å². The minimum absolute atomic E-state index is 0.242. The van der Waals surface area contributed by atoms with Gasteiger partial charge in [0, 0.05) is 17.0 Å². The average molecular weight is 483 g/mol. The number of anilines is 2. The molecule has 3 aromatic carbocycles. The van der Waals surface area contributed by atoms with Crippen molar-refractivity contribution in [1.82, 2.24) is 4.90 Å². The van der Waals surface area contributed by atoms with Gasteiger partial charge in [-0.3, -0.25) is 4.79 Å². The Morgan fingerprint density at radius 3 is 2.63 bits per heavy atom. The number of nitriles is 1. The monoisotopic (exact) mass is 482 g/mol. The molecule has 2 heterocycles. The van der Waals surface area contributed by atoms with Crippen LogP contribution in [0.15, 0.2) is 66.7 Å². The lowest BCUT2D eigenvalue weighted by atomic mass is 10.0. The number of methoxy groups -OCH3 is 1. The van der Waals surface area contributed by atoms with Gasteiger partial charge in [-0.1, -0.05) is 48.5 Å². The van der Waals surface area contributed by atoms with Crippen LogP contribution in [0, 0.1) is 11.3 Å². The predicted molar refractivity (Wildman–Crippen MR) is 137 cm³/mol. The molecule has 0 saturated carbocycles. The van der Waals surface area contributed by atoms with E-state index in [9.17, 15) is 14.9 Å². The van der Waals surface area contributed by atoms with Crippen LogP contribution in [0.4, 0.5) is 15.5 Å². The van der Waals surface area contributed by atoms with Gasteiger partial charge in [-0.25, -0.2) is 4.79 Å². The summed E-state index contributed by atoms with van der Waals surface area (Å²) in [5.74, 6) is 0.322. The summed E-state index contributed by atoms with van der Waals surface area (Å²) in [5.41, 5.74) is 2.52. The van der Waals surface area contributed by atoms with Gasteiger partial charge in [-0.05, 0) is 41.0 Å². The summed E-state index contributed by atoms with van der Waals surface area (Å²) in [7, 11) is 1.56. The summed E-state index contributed by atoms with van der Waals surface area (Å²) in [4.78, 5) is 28.7. The second kappa shape index (κ2) is 9.49. The molecule has 2 N–H and O–H groups in total. The van der Waals surface area contributed by atoms with Crippen molar-refractivity contribution in [1.29, 1.82) is 5.26 Å². The van der Waals surface area contributed by atoms with E-state index in [1.807, 2.05) is 48.5 Å². The van der Waals surface area contributed by atoms with Gasteiger partial charge in [-0.2, -0.15) is 5.26 Å². The number of carbonyl (C=O) groups excluding carboxylic acids is 2. The maximum atomic E-state index is 13.1. The molecule has 0 unspecified atom stereocenters. The maximum absolute atomic E-state index is 13.1. The number of amides is 3. The Morgan fingerprint density at radius 2 is 1.80 bits per heavy atom. The SMILES string of the molecule is COc1ccccc1NC(=O)N1CCc2c(sc(NC(=O)c3cccc4ccccc34)c2C#N)C1. The number of carbonyl (C=O) groups is 2. The molecule has 3 amide bonds. The number of para-hydroxylation sites is 2. The lowest BCUT2D eigenvalue weighted by Gasteiger charge is -2.27. The second-order valence-corrected chi connectivity index (χ2v) is 9.21. The Bertz CT molecular complexity index is 1480. The standard InChI is InChI=1S/C27H22N4O3S/c1-34-23-12-5-4-11-22(23)29-27(33)31-14-13-19-21(15-28)26(35-24(19)16-31)30-25(32)20-10-6-8-17-7-2-3-9-18(17)20/h2-12H,13-14,16H2,1H3,(H,29,33)(H,30,32). The fourth-order valence-corrected chi connectivity index (χ4v) is 5.53. The highest BCUT2D eigenvalue weighted by atomic mass is 32.1. The summed E-state index contributed by atoms with van der Waals surface area (Å²) in [6.07, 6.45) is 0.540. The summed E-state index contributed by atoms with van der Waals surface area (Å²) in [6, 6.07) is 22.5. The third-order valence-corrected chi connectivity index (χ3v) is 7.20. The number of ether oxygens (including phenoxy) is 1. The Labute approximate surface area is 206 Å². The number of rotatable bonds is 4. The first kappa shape index (κ1) is 22.4. The zero-order chi connectivity index (χ0) is 24.4. The molecule has 7 nitrogen and oxygen atoms in total. The smallest absolute Gasteiger partial charge is 0.322 e. The van der Waals surface area contributed by atoms with Crippen LogP contribution in [0.5, 0.6) is 5.75 Å². The Hall–Kier alpha value is -4.35. The van der Waals surface area contributed by atoms with Crippen molar-refractivity contribution < 1.29 is 14.3 Å². The van der Waals surface area contributed by atoms with Crippen molar-refractivity contribution in [2.75, 3.05) is 24.3 Å². The first-order valence-electron chi connectivity index (χ1n) is 11.1. The largest absolute Gasteiger partial charge is 0.495 e. The van der Waals surface area contributed by atoms with Crippen LogP contribution >= 0.6 is 11.3 Å². The number of fused-ring (bicyclic) bond motifs is 2. The topological polar surface area (TPSA) is 94.5 Å². The summed E-state index contributed by atoms with van der Waals surface area (Å²) < 4.78 is 5.32. The highest BCUT2D eigenvalue weighted by molar-refractivity contribution is 7.16. The number of urea groups is 1. The molecule has 0 aliphatic carbocycles. The molecule has 1 aromatic heterocycles. The van der Waals surface area contributed by atoms with E-state index in [0.717, 1.165) is 21.2 Å². The number of nitrogens with one attached hydrogen (secondary N) is 2. The third kappa shape index (κ3) is 4.29. The molecule has 0 spiro atoms. The van der Waals surface area contributed by atoms with Gasteiger partial charge in [0.25, 0.3) is 5.91 Å². The number of benzene rings is 3. The van der Waals surface area contributed by atoms with Crippen LogP contribution < -0.4 is 15.4 Å². The molecule has 0 fully saturated rings. The molecular weight excluding hydrogens is 460 g/mol. The molecule has 1 aliphatic heterocycles. The van der Waals surface area contributed by atoms with Gasteiger partial charge in [0.2, 0.25) is 0 Å². The summed E-state index contributed by atoms with van der Waals surface area (Å²) >= 11 is 1.35. The quantitative estimate of drug-likeness (QED) is 0.394. The number of hydrogen-bond donors (Lipinski definition) is 2. The van der Waals surface area contributed by atoms with Gasteiger partial charge >= 0.3 is 6.03 Å². The van der Waals surface area contributed by atoms with Crippen molar-refractivity contribution in [2.24, 2.45) is 0 Å². The fraction of sp³-hybridized carbons (Fsp3) is 0.148. The zero-order valence-corrected chi connectivity index (χ0v) is 19.8. The lowest BCUT2D eigenvalue weighted by molar-refractivity contribution is 0.102. The number of hydrogen-bond acceptors (Lipinski definition) is 5. The molecule has 0 radical (unpaired) electrons. The minimum atomic E-state index is -0.261. The molecule has 5 rings (SSSR count). The second-order valence-electron chi connectivity index (χ2n) is 8.10. The molecule has 8 heteroatoms. The Kier molecular flexibility index (Phi) is 6.08. The molecule has 0 bridgehead atoms. The first-order chi connectivity index (χ1) is 17.1. The molecule has 4 aromatic rings. The fourth-order valence-electron chi connectivity index (χ4n) is 4.32.